The summed E-state index contributed by atoms with van der Waals surface area (Å²) in [5, 5.41) is 0.489. The van der Waals surface area contributed by atoms with E-state index >= 15 is 0 Å². The van der Waals surface area contributed by atoms with Crippen LogP contribution in [0.1, 0.15) is 31.1 Å². The predicted octanol–water partition coefficient (Wildman–Crippen LogP) is 2.81. The van der Waals surface area contributed by atoms with E-state index in [0.29, 0.717) is 31.3 Å². The highest BCUT2D eigenvalue weighted by Crippen LogP contribution is 2.33. The van der Waals surface area contributed by atoms with Gasteiger partial charge in [-0.1, -0.05) is 23.2 Å². The number of halogens is 2. The van der Waals surface area contributed by atoms with E-state index in [1.54, 1.807) is 4.90 Å². The molecule has 4 rings (SSSR count). The lowest BCUT2D eigenvalue weighted by Gasteiger charge is -2.26. The number of nitrogens with zero attached hydrogens (tertiary/aromatic N) is 2. The molecule has 31 heavy (non-hydrogen) atoms. The van der Waals surface area contributed by atoms with Crippen LogP contribution in [0.2, 0.25) is 10.0 Å². The summed E-state index contributed by atoms with van der Waals surface area (Å²) in [5.41, 5.74) is 0.536. The molecule has 2 heterocycles. The minimum Gasteiger partial charge on any atom is -0.452 e. The van der Waals surface area contributed by atoms with Gasteiger partial charge in [0.05, 0.1) is 45.6 Å². The van der Waals surface area contributed by atoms with Gasteiger partial charge in [-0.25, -0.2) is 9.69 Å². The number of amides is 3. The Kier molecular flexibility index (Phi) is 5.95. The normalized spacial score (nSPS) is 15.8. The van der Waals surface area contributed by atoms with Crippen molar-refractivity contribution in [2.75, 3.05) is 37.8 Å². The van der Waals surface area contributed by atoms with Gasteiger partial charge < -0.3 is 14.4 Å². The van der Waals surface area contributed by atoms with Gasteiger partial charge in [0.15, 0.2) is 6.61 Å². The summed E-state index contributed by atoms with van der Waals surface area (Å²) in [7, 11) is 0. The van der Waals surface area contributed by atoms with Crippen LogP contribution in [0.25, 0.3) is 0 Å². The first-order valence-corrected chi connectivity index (χ1v) is 10.1. The van der Waals surface area contributed by atoms with E-state index in [0.717, 1.165) is 4.90 Å². The number of imide groups is 1. The fourth-order valence-corrected chi connectivity index (χ4v) is 3.63. The number of benzene rings is 2. The second kappa shape index (κ2) is 8.66. The third kappa shape index (κ3) is 4.14. The van der Waals surface area contributed by atoms with Crippen molar-refractivity contribution in [1.82, 2.24) is 4.90 Å². The summed E-state index contributed by atoms with van der Waals surface area (Å²) >= 11 is 11.9. The molecule has 2 aliphatic rings. The smallest absolute Gasteiger partial charge is 0.338 e. The molecule has 10 heteroatoms. The molecule has 0 saturated carbocycles. The molecule has 0 aliphatic carbocycles. The van der Waals surface area contributed by atoms with Crippen LogP contribution < -0.4 is 4.90 Å². The maximum atomic E-state index is 12.9. The Balaban J connectivity index is 1.49. The Hall–Kier alpha value is -2.94. The molecule has 0 radical (unpaired) electrons. The quantitative estimate of drug-likeness (QED) is 0.512. The number of carbonyl (C=O) groups is 4. The summed E-state index contributed by atoms with van der Waals surface area (Å²) < 4.78 is 10.3. The van der Waals surface area contributed by atoms with Gasteiger partial charge in [0.2, 0.25) is 0 Å². The van der Waals surface area contributed by atoms with E-state index in [2.05, 4.69) is 0 Å². The number of esters is 1. The van der Waals surface area contributed by atoms with E-state index in [1.807, 2.05) is 0 Å². The number of carbonyl (C=O) groups excluding carboxylic acids is 4. The molecule has 1 fully saturated rings. The summed E-state index contributed by atoms with van der Waals surface area (Å²) in [6, 6.07) is 8.45. The monoisotopic (exact) mass is 462 g/mol. The molecular formula is C21H16Cl2N2O6. The SMILES string of the molecule is O=C(OCC(=O)N1CCOCC1)c1ccc2c(c1)C(=O)N(c1ccc(Cl)c(Cl)c1)C2=O. The van der Waals surface area contributed by atoms with Crippen molar-refractivity contribution in [3.63, 3.8) is 0 Å². The van der Waals surface area contributed by atoms with E-state index in [4.69, 9.17) is 32.7 Å². The lowest BCUT2D eigenvalue weighted by molar-refractivity contribution is -0.138. The number of fused-ring (bicyclic) bond motifs is 1. The van der Waals surface area contributed by atoms with E-state index in [9.17, 15) is 19.2 Å². The molecular weight excluding hydrogens is 447 g/mol. The van der Waals surface area contributed by atoms with Crippen molar-refractivity contribution < 1.29 is 28.7 Å². The number of rotatable bonds is 4. The van der Waals surface area contributed by atoms with Crippen LogP contribution in [0.4, 0.5) is 5.69 Å². The second-order valence-corrected chi connectivity index (χ2v) is 7.69. The van der Waals surface area contributed by atoms with E-state index < -0.39 is 24.4 Å². The fourth-order valence-electron chi connectivity index (χ4n) is 3.34. The van der Waals surface area contributed by atoms with Crippen LogP contribution in [0.5, 0.6) is 0 Å². The molecule has 160 valence electrons. The first kappa shape index (κ1) is 21.3. The predicted molar refractivity (Wildman–Crippen MR) is 112 cm³/mol. The van der Waals surface area contributed by atoms with Gasteiger partial charge in [-0.15, -0.1) is 0 Å². The third-order valence-electron chi connectivity index (χ3n) is 4.97. The van der Waals surface area contributed by atoms with Gasteiger partial charge in [0, 0.05) is 13.1 Å². The molecule has 2 aliphatic heterocycles. The zero-order valence-electron chi connectivity index (χ0n) is 16.1. The van der Waals surface area contributed by atoms with Crippen LogP contribution in [-0.4, -0.2) is 61.5 Å². The van der Waals surface area contributed by atoms with Crippen LogP contribution in [0.15, 0.2) is 36.4 Å². The molecule has 1 saturated heterocycles. The highest BCUT2D eigenvalue weighted by molar-refractivity contribution is 6.42. The summed E-state index contributed by atoms with van der Waals surface area (Å²) in [6.45, 7) is 1.34. The van der Waals surface area contributed by atoms with Crippen molar-refractivity contribution in [2.24, 2.45) is 0 Å². The lowest BCUT2D eigenvalue weighted by atomic mass is 10.1. The van der Waals surface area contributed by atoms with Gasteiger partial charge in [0.25, 0.3) is 17.7 Å². The van der Waals surface area contributed by atoms with Crippen molar-refractivity contribution in [2.45, 2.75) is 0 Å². The lowest BCUT2D eigenvalue weighted by Crippen LogP contribution is -2.42. The highest BCUT2D eigenvalue weighted by atomic mass is 35.5. The average Bonchev–Trinajstić information content (AvgIpc) is 3.04. The number of hydrogen-bond acceptors (Lipinski definition) is 6. The zero-order chi connectivity index (χ0) is 22.1. The molecule has 0 aromatic heterocycles. The highest BCUT2D eigenvalue weighted by Gasteiger charge is 2.37. The van der Waals surface area contributed by atoms with E-state index in [-0.39, 0.29) is 33.3 Å². The topological polar surface area (TPSA) is 93.2 Å². The Labute approximate surface area is 187 Å². The molecule has 8 nitrogen and oxygen atoms in total. The van der Waals surface area contributed by atoms with Crippen LogP contribution in [0.3, 0.4) is 0 Å². The van der Waals surface area contributed by atoms with Gasteiger partial charge >= 0.3 is 5.97 Å². The minimum atomic E-state index is -0.766. The van der Waals surface area contributed by atoms with Crippen molar-refractivity contribution in [3.8, 4) is 0 Å². The van der Waals surface area contributed by atoms with Crippen LogP contribution in [-0.2, 0) is 14.3 Å². The Morgan fingerprint density at radius 2 is 1.65 bits per heavy atom. The molecule has 0 bridgehead atoms. The maximum absolute atomic E-state index is 12.9. The minimum absolute atomic E-state index is 0.0602. The van der Waals surface area contributed by atoms with Gasteiger partial charge in [0.1, 0.15) is 0 Å². The average molecular weight is 463 g/mol. The standard InChI is InChI=1S/C21H16Cl2N2O6/c22-16-4-2-13(10-17(16)23)25-19(27)14-3-1-12(9-15(14)20(25)28)21(29)31-11-18(26)24-5-7-30-8-6-24/h1-4,9-10H,5-8,11H2. The molecule has 0 spiro atoms. The number of ether oxygens (including phenoxy) is 2. The Bertz CT molecular complexity index is 1100. The van der Waals surface area contributed by atoms with Crippen LogP contribution in [0, 0.1) is 0 Å². The Morgan fingerprint density at radius 3 is 2.35 bits per heavy atom. The molecule has 2 aromatic carbocycles. The number of morpholine rings is 1. The zero-order valence-corrected chi connectivity index (χ0v) is 17.6. The molecule has 0 N–H and O–H groups in total. The molecule has 3 amide bonds. The Morgan fingerprint density at radius 1 is 0.935 bits per heavy atom. The summed E-state index contributed by atoms with van der Waals surface area (Å²) in [6.07, 6.45) is 0. The van der Waals surface area contributed by atoms with Gasteiger partial charge in [-0.2, -0.15) is 0 Å². The fraction of sp³-hybridized carbons (Fsp3) is 0.238. The van der Waals surface area contributed by atoms with Crippen molar-refractivity contribution in [3.05, 3.63) is 63.1 Å². The summed E-state index contributed by atoms with van der Waals surface area (Å²) in [5.74, 6) is -2.23. The number of hydrogen-bond donors (Lipinski definition) is 0. The maximum Gasteiger partial charge on any atom is 0.338 e. The molecule has 0 atom stereocenters. The second-order valence-electron chi connectivity index (χ2n) is 6.87. The molecule has 0 unspecified atom stereocenters. The number of anilines is 1. The van der Waals surface area contributed by atoms with Gasteiger partial charge in [-0.3, -0.25) is 14.4 Å². The van der Waals surface area contributed by atoms with Crippen molar-refractivity contribution >= 4 is 52.6 Å². The van der Waals surface area contributed by atoms with Crippen molar-refractivity contribution in [1.29, 1.82) is 0 Å². The first-order valence-electron chi connectivity index (χ1n) is 9.37. The van der Waals surface area contributed by atoms with Gasteiger partial charge in [-0.05, 0) is 36.4 Å². The summed E-state index contributed by atoms with van der Waals surface area (Å²) in [4.78, 5) is 52.6. The molecule has 2 aromatic rings. The first-order chi connectivity index (χ1) is 14.9. The third-order valence-corrected chi connectivity index (χ3v) is 5.71. The van der Waals surface area contributed by atoms with Crippen LogP contribution >= 0.6 is 23.2 Å². The largest absolute Gasteiger partial charge is 0.452 e. The van der Waals surface area contributed by atoms with E-state index in [1.165, 1.54) is 36.4 Å².